The summed E-state index contributed by atoms with van der Waals surface area (Å²) >= 11 is 0. The number of fused-ring (bicyclic) bond motifs is 2. The van der Waals surface area contributed by atoms with E-state index in [1.807, 2.05) is 12.3 Å². The van der Waals surface area contributed by atoms with Crippen molar-refractivity contribution in [2.75, 3.05) is 11.4 Å². The molecule has 1 atom stereocenters. The zero-order valence-electron chi connectivity index (χ0n) is 17.6. The molecule has 6 heteroatoms. The average molecular weight is 411 g/mol. The molecule has 0 bridgehead atoms. The molecule has 31 heavy (non-hydrogen) atoms. The van der Waals surface area contributed by atoms with Crippen molar-refractivity contribution < 1.29 is 0 Å². The van der Waals surface area contributed by atoms with Crippen LogP contribution in [0.15, 0.2) is 60.8 Å². The standard InChI is InChI=1S/C25H26N6/c1-4-12-23-18(7-1)9-6-16-30(23)24(20-13-14-22-19(17-20)8-5-15-26-22)25-27-28-29-31(25)21-10-2-3-11-21/h1,4-5,7-8,12-15,17,21,24H,2-3,6,9-11,16H2. The van der Waals surface area contributed by atoms with Gasteiger partial charge in [0.1, 0.15) is 6.04 Å². The molecule has 1 aliphatic heterocycles. The second-order valence-electron chi connectivity index (χ2n) is 8.70. The lowest BCUT2D eigenvalue weighted by molar-refractivity contribution is 0.426. The van der Waals surface area contributed by atoms with E-state index in [4.69, 9.17) is 0 Å². The first-order chi connectivity index (χ1) is 15.4. The second-order valence-corrected chi connectivity index (χ2v) is 8.70. The molecule has 3 heterocycles. The molecule has 1 fully saturated rings. The number of aryl methyl sites for hydroxylation is 1. The number of rotatable bonds is 4. The molecular formula is C25H26N6. The van der Waals surface area contributed by atoms with Crippen LogP contribution in [0, 0.1) is 0 Å². The Kier molecular flexibility index (Phi) is 4.63. The Morgan fingerprint density at radius 3 is 2.77 bits per heavy atom. The summed E-state index contributed by atoms with van der Waals surface area (Å²) in [6.45, 7) is 0.990. The van der Waals surface area contributed by atoms with Crippen molar-refractivity contribution in [1.82, 2.24) is 25.2 Å². The van der Waals surface area contributed by atoms with Crippen molar-refractivity contribution >= 4 is 16.6 Å². The molecule has 2 aromatic carbocycles. The van der Waals surface area contributed by atoms with Crippen LogP contribution in [-0.2, 0) is 6.42 Å². The molecule has 0 amide bonds. The van der Waals surface area contributed by atoms with E-state index in [2.05, 4.69) is 78.6 Å². The van der Waals surface area contributed by atoms with Gasteiger partial charge in [-0.15, -0.1) is 5.10 Å². The molecule has 2 aromatic heterocycles. The van der Waals surface area contributed by atoms with Gasteiger partial charge < -0.3 is 4.90 Å². The summed E-state index contributed by atoms with van der Waals surface area (Å²) in [5.74, 6) is 0.951. The third kappa shape index (κ3) is 3.26. The van der Waals surface area contributed by atoms with Gasteiger partial charge in [0, 0.05) is 23.8 Å². The van der Waals surface area contributed by atoms with E-state index in [1.54, 1.807) is 0 Å². The molecule has 6 nitrogen and oxygen atoms in total. The van der Waals surface area contributed by atoms with E-state index in [-0.39, 0.29) is 6.04 Å². The normalized spacial score (nSPS) is 17.7. The van der Waals surface area contributed by atoms with Gasteiger partial charge in [0.2, 0.25) is 0 Å². The third-order valence-corrected chi connectivity index (χ3v) is 6.83. The number of para-hydroxylation sites is 1. The maximum Gasteiger partial charge on any atom is 0.178 e. The van der Waals surface area contributed by atoms with E-state index in [0.717, 1.165) is 49.0 Å². The summed E-state index contributed by atoms with van der Waals surface area (Å²) in [7, 11) is 0. The maximum atomic E-state index is 4.61. The van der Waals surface area contributed by atoms with Crippen LogP contribution in [-0.4, -0.2) is 31.7 Å². The molecule has 2 aliphatic rings. The predicted molar refractivity (Wildman–Crippen MR) is 121 cm³/mol. The fourth-order valence-corrected chi connectivity index (χ4v) is 5.35. The maximum absolute atomic E-state index is 4.61. The van der Waals surface area contributed by atoms with Gasteiger partial charge in [0.25, 0.3) is 0 Å². The molecule has 0 N–H and O–H groups in total. The Morgan fingerprint density at radius 1 is 0.935 bits per heavy atom. The Hall–Kier alpha value is -3.28. The lowest BCUT2D eigenvalue weighted by Crippen LogP contribution is -2.36. The third-order valence-electron chi connectivity index (χ3n) is 6.83. The Bertz CT molecular complexity index is 1210. The Labute approximate surface area is 181 Å². The molecule has 1 saturated carbocycles. The highest BCUT2D eigenvalue weighted by atomic mass is 15.6. The quantitative estimate of drug-likeness (QED) is 0.480. The fourth-order valence-electron chi connectivity index (χ4n) is 5.35. The molecular weight excluding hydrogens is 384 g/mol. The van der Waals surface area contributed by atoms with Crippen molar-refractivity contribution in [3.8, 4) is 0 Å². The smallest absolute Gasteiger partial charge is 0.178 e. The van der Waals surface area contributed by atoms with Crippen LogP contribution in [0.25, 0.3) is 10.9 Å². The van der Waals surface area contributed by atoms with E-state index in [0.29, 0.717) is 6.04 Å². The van der Waals surface area contributed by atoms with Crippen molar-refractivity contribution in [3.63, 3.8) is 0 Å². The number of benzene rings is 2. The van der Waals surface area contributed by atoms with Crippen LogP contribution in [0.3, 0.4) is 0 Å². The van der Waals surface area contributed by atoms with Gasteiger partial charge in [0.05, 0.1) is 11.6 Å². The van der Waals surface area contributed by atoms with E-state index in [1.165, 1.54) is 29.7 Å². The summed E-state index contributed by atoms with van der Waals surface area (Å²) < 4.78 is 2.11. The van der Waals surface area contributed by atoms with Gasteiger partial charge in [-0.3, -0.25) is 4.98 Å². The highest BCUT2D eigenvalue weighted by Gasteiger charge is 2.33. The minimum absolute atomic E-state index is 0.0262. The lowest BCUT2D eigenvalue weighted by atomic mass is 9.95. The lowest BCUT2D eigenvalue weighted by Gasteiger charge is -2.38. The van der Waals surface area contributed by atoms with Crippen molar-refractivity contribution in [2.24, 2.45) is 0 Å². The van der Waals surface area contributed by atoms with Crippen LogP contribution in [0.4, 0.5) is 5.69 Å². The van der Waals surface area contributed by atoms with Crippen molar-refractivity contribution in [2.45, 2.75) is 50.6 Å². The van der Waals surface area contributed by atoms with Gasteiger partial charge in [-0.1, -0.05) is 43.2 Å². The number of aromatic nitrogens is 5. The average Bonchev–Trinajstić information content (AvgIpc) is 3.52. The molecule has 0 saturated heterocycles. The minimum Gasteiger partial charge on any atom is -0.357 e. The molecule has 0 radical (unpaired) electrons. The zero-order valence-corrected chi connectivity index (χ0v) is 17.6. The molecule has 0 spiro atoms. The Balaban J connectivity index is 1.52. The number of tetrazole rings is 1. The second kappa shape index (κ2) is 7.76. The number of hydrogen-bond acceptors (Lipinski definition) is 5. The monoisotopic (exact) mass is 410 g/mol. The summed E-state index contributed by atoms with van der Waals surface area (Å²) in [6.07, 6.45) is 8.92. The van der Waals surface area contributed by atoms with Crippen molar-refractivity contribution in [3.05, 3.63) is 77.7 Å². The number of hydrogen-bond donors (Lipinski definition) is 0. The first-order valence-corrected chi connectivity index (χ1v) is 11.4. The highest BCUT2D eigenvalue weighted by molar-refractivity contribution is 5.79. The SMILES string of the molecule is c1ccc2c(c1)CCCN2C(c1ccc2ncccc2c1)c1nnnn1C1CCCC1. The Morgan fingerprint density at radius 2 is 1.84 bits per heavy atom. The van der Waals surface area contributed by atoms with Gasteiger partial charge >= 0.3 is 0 Å². The molecule has 6 rings (SSSR count). The molecule has 156 valence electrons. The van der Waals surface area contributed by atoms with E-state index in [9.17, 15) is 0 Å². The van der Waals surface area contributed by atoms with Crippen LogP contribution < -0.4 is 4.90 Å². The van der Waals surface area contributed by atoms with Crippen LogP contribution in [0.2, 0.25) is 0 Å². The van der Waals surface area contributed by atoms with Gasteiger partial charge in [-0.25, -0.2) is 4.68 Å². The van der Waals surface area contributed by atoms with Gasteiger partial charge in [-0.05, 0) is 71.5 Å². The number of nitrogens with zero attached hydrogens (tertiary/aromatic N) is 6. The first-order valence-electron chi connectivity index (χ1n) is 11.4. The topological polar surface area (TPSA) is 59.7 Å². The van der Waals surface area contributed by atoms with E-state index >= 15 is 0 Å². The fraction of sp³-hybridized carbons (Fsp3) is 0.360. The first kappa shape index (κ1) is 18.5. The van der Waals surface area contributed by atoms with Gasteiger partial charge in [-0.2, -0.15) is 0 Å². The van der Waals surface area contributed by atoms with E-state index < -0.39 is 0 Å². The predicted octanol–water partition coefficient (Wildman–Crippen LogP) is 4.88. The van der Waals surface area contributed by atoms with Crippen LogP contribution in [0.5, 0.6) is 0 Å². The summed E-state index contributed by atoms with van der Waals surface area (Å²) in [4.78, 5) is 7.02. The molecule has 1 aliphatic carbocycles. The summed E-state index contributed by atoms with van der Waals surface area (Å²) in [6, 6.07) is 19.9. The number of pyridine rings is 1. The summed E-state index contributed by atoms with van der Waals surface area (Å²) in [5.41, 5.74) is 4.93. The molecule has 1 unspecified atom stereocenters. The number of anilines is 1. The highest BCUT2D eigenvalue weighted by Crippen LogP contribution is 2.39. The summed E-state index contributed by atoms with van der Waals surface area (Å²) in [5, 5.41) is 14.4. The largest absolute Gasteiger partial charge is 0.357 e. The van der Waals surface area contributed by atoms with Crippen LogP contribution in [0.1, 0.15) is 61.1 Å². The van der Waals surface area contributed by atoms with Gasteiger partial charge in [0.15, 0.2) is 5.82 Å². The minimum atomic E-state index is -0.0262. The van der Waals surface area contributed by atoms with Crippen molar-refractivity contribution in [1.29, 1.82) is 0 Å². The zero-order chi connectivity index (χ0) is 20.6. The van der Waals surface area contributed by atoms with Crippen LogP contribution >= 0.6 is 0 Å². The molecule has 4 aromatic rings.